The quantitative estimate of drug-likeness (QED) is 0.462. The maximum atomic E-state index is 12.9. The van der Waals surface area contributed by atoms with Crippen LogP contribution in [-0.2, 0) is 27.3 Å². The third kappa shape index (κ3) is 6.28. The molecule has 7 nitrogen and oxygen atoms in total. The Labute approximate surface area is 193 Å². The molecule has 0 unspecified atom stereocenters. The van der Waals surface area contributed by atoms with Crippen molar-refractivity contribution in [1.82, 2.24) is 9.55 Å². The van der Waals surface area contributed by atoms with E-state index in [-0.39, 0.29) is 30.9 Å². The highest BCUT2D eigenvalue weighted by atomic mass is 16.5. The van der Waals surface area contributed by atoms with E-state index in [0.717, 1.165) is 29.4 Å². The number of ether oxygens (including phenoxy) is 1. The minimum Gasteiger partial charge on any atom is -0.456 e. The van der Waals surface area contributed by atoms with Crippen LogP contribution in [0.3, 0.4) is 0 Å². The second-order valence-corrected chi connectivity index (χ2v) is 8.31. The SMILES string of the molecule is CCCCn1c(=O)c(CCC(=O)OCC(=O)Nc2ccccc2C(C)C)nc2ccccc21. The van der Waals surface area contributed by atoms with Crippen molar-refractivity contribution in [3.63, 3.8) is 0 Å². The number of rotatable bonds is 10. The van der Waals surface area contributed by atoms with Gasteiger partial charge in [-0.3, -0.25) is 14.4 Å². The second-order valence-electron chi connectivity index (χ2n) is 8.31. The number of nitrogens with one attached hydrogen (secondary N) is 1. The standard InChI is InChI=1S/C26H31N3O4/c1-4-5-16-29-23-13-9-8-12-21(23)27-22(26(29)32)14-15-25(31)33-17-24(30)28-20-11-7-6-10-19(20)18(2)3/h6-13,18H,4-5,14-17H2,1-3H3,(H,28,30). The lowest BCUT2D eigenvalue weighted by atomic mass is 10.0. The van der Waals surface area contributed by atoms with Crippen molar-refractivity contribution in [2.45, 2.75) is 58.9 Å². The van der Waals surface area contributed by atoms with Gasteiger partial charge in [0.15, 0.2) is 6.61 Å². The zero-order valence-corrected chi connectivity index (χ0v) is 19.5. The number of nitrogens with zero attached hydrogens (tertiary/aromatic N) is 2. The Balaban J connectivity index is 1.60. The van der Waals surface area contributed by atoms with Crippen LogP contribution in [0.25, 0.3) is 11.0 Å². The number of esters is 1. The number of carbonyl (C=O) groups excluding carboxylic acids is 2. The third-order valence-electron chi connectivity index (χ3n) is 5.44. The maximum Gasteiger partial charge on any atom is 0.306 e. The largest absolute Gasteiger partial charge is 0.456 e. The van der Waals surface area contributed by atoms with E-state index in [4.69, 9.17) is 4.74 Å². The molecule has 0 saturated carbocycles. The second kappa shape index (κ2) is 11.4. The van der Waals surface area contributed by atoms with E-state index < -0.39 is 11.9 Å². The molecule has 0 aliphatic heterocycles. The fraction of sp³-hybridized carbons (Fsp3) is 0.385. The number of benzene rings is 2. The number of carbonyl (C=O) groups is 2. The number of para-hydroxylation sites is 3. The van der Waals surface area contributed by atoms with Gasteiger partial charge in [-0.1, -0.05) is 57.5 Å². The van der Waals surface area contributed by atoms with Gasteiger partial charge < -0.3 is 14.6 Å². The molecule has 33 heavy (non-hydrogen) atoms. The first-order chi connectivity index (χ1) is 15.9. The molecule has 0 aliphatic rings. The highest BCUT2D eigenvalue weighted by Gasteiger charge is 2.15. The molecule has 0 atom stereocenters. The van der Waals surface area contributed by atoms with Crippen LogP contribution >= 0.6 is 0 Å². The summed E-state index contributed by atoms with van der Waals surface area (Å²) < 4.78 is 6.86. The van der Waals surface area contributed by atoms with E-state index in [1.165, 1.54) is 0 Å². The molecule has 3 aromatic rings. The molecule has 1 heterocycles. The Hall–Kier alpha value is -3.48. The van der Waals surface area contributed by atoms with Crippen molar-refractivity contribution < 1.29 is 14.3 Å². The smallest absolute Gasteiger partial charge is 0.306 e. The summed E-state index contributed by atoms with van der Waals surface area (Å²) in [7, 11) is 0. The van der Waals surface area contributed by atoms with E-state index in [1.54, 1.807) is 4.57 Å². The summed E-state index contributed by atoms with van der Waals surface area (Å²) in [4.78, 5) is 41.9. The minimum atomic E-state index is -0.545. The molecule has 0 aliphatic carbocycles. The molecule has 174 valence electrons. The van der Waals surface area contributed by atoms with Crippen LogP contribution in [-0.4, -0.2) is 28.0 Å². The van der Waals surface area contributed by atoms with Crippen molar-refractivity contribution in [3.05, 3.63) is 70.1 Å². The average Bonchev–Trinajstić information content (AvgIpc) is 2.81. The van der Waals surface area contributed by atoms with Crippen molar-refractivity contribution in [1.29, 1.82) is 0 Å². The van der Waals surface area contributed by atoms with Crippen molar-refractivity contribution in [2.75, 3.05) is 11.9 Å². The highest BCUT2D eigenvalue weighted by Crippen LogP contribution is 2.23. The van der Waals surface area contributed by atoms with Crippen molar-refractivity contribution in [2.24, 2.45) is 0 Å². The van der Waals surface area contributed by atoms with Gasteiger partial charge in [0.25, 0.3) is 11.5 Å². The summed E-state index contributed by atoms with van der Waals surface area (Å²) in [5.41, 5.74) is 3.39. The first kappa shape index (κ1) is 24.2. The number of aromatic nitrogens is 2. The molecule has 1 amide bonds. The van der Waals surface area contributed by atoms with Crippen molar-refractivity contribution >= 4 is 28.6 Å². The van der Waals surface area contributed by atoms with Crippen LogP contribution in [0.15, 0.2) is 53.3 Å². The molecule has 0 bridgehead atoms. The zero-order chi connectivity index (χ0) is 23.8. The summed E-state index contributed by atoms with van der Waals surface area (Å²) >= 11 is 0. The molecular weight excluding hydrogens is 418 g/mol. The van der Waals surface area contributed by atoms with Gasteiger partial charge in [-0.2, -0.15) is 0 Å². The lowest BCUT2D eigenvalue weighted by molar-refractivity contribution is -0.147. The molecule has 1 aromatic heterocycles. The number of unbranched alkanes of at least 4 members (excludes halogenated alkanes) is 1. The topological polar surface area (TPSA) is 90.3 Å². The van der Waals surface area contributed by atoms with Crippen LogP contribution in [0.5, 0.6) is 0 Å². The summed E-state index contributed by atoms with van der Waals surface area (Å²) in [5.74, 6) is -0.696. The molecule has 0 saturated heterocycles. The molecule has 2 aromatic carbocycles. The van der Waals surface area contributed by atoms with Gasteiger partial charge in [0.05, 0.1) is 17.5 Å². The van der Waals surface area contributed by atoms with Gasteiger partial charge in [0.2, 0.25) is 0 Å². The summed E-state index contributed by atoms with van der Waals surface area (Å²) in [6.45, 7) is 6.39. The van der Waals surface area contributed by atoms with E-state index in [9.17, 15) is 14.4 Å². The van der Waals surface area contributed by atoms with Crippen LogP contribution in [0, 0.1) is 0 Å². The van der Waals surface area contributed by atoms with Crippen LogP contribution in [0.1, 0.15) is 57.2 Å². The predicted molar refractivity (Wildman–Crippen MR) is 129 cm³/mol. The normalized spacial score (nSPS) is 11.0. The average molecular weight is 450 g/mol. The predicted octanol–water partition coefficient (Wildman–Crippen LogP) is 4.43. The van der Waals surface area contributed by atoms with Crippen molar-refractivity contribution in [3.8, 4) is 0 Å². The fourth-order valence-corrected chi connectivity index (χ4v) is 3.69. The maximum absolute atomic E-state index is 12.9. The van der Waals surface area contributed by atoms with Crippen LogP contribution in [0.2, 0.25) is 0 Å². The minimum absolute atomic E-state index is 0.0236. The Morgan fingerprint density at radius 1 is 1.09 bits per heavy atom. The Morgan fingerprint density at radius 3 is 2.58 bits per heavy atom. The number of fused-ring (bicyclic) bond motifs is 1. The number of anilines is 1. The van der Waals surface area contributed by atoms with Gasteiger partial charge in [0, 0.05) is 18.7 Å². The Morgan fingerprint density at radius 2 is 1.82 bits per heavy atom. The van der Waals surface area contributed by atoms with E-state index in [1.807, 2.05) is 62.4 Å². The van der Waals surface area contributed by atoms with Gasteiger partial charge in [0.1, 0.15) is 5.69 Å². The first-order valence-electron chi connectivity index (χ1n) is 11.4. The molecule has 0 radical (unpaired) electrons. The summed E-state index contributed by atoms with van der Waals surface area (Å²) in [6, 6.07) is 15.0. The number of hydrogen-bond donors (Lipinski definition) is 1. The zero-order valence-electron chi connectivity index (χ0n) is 19.5. The fourth-order valence-electron chi connectivity index (χ4n) is 3.69. The molecule has 0 fully saturated rings. The van der Waals surface area contributed by atoms with Gasteiger partial charge >= 0.3 is 5.97 Å². The number of hydrogen-bond acceptors (Lipinski definition) is 5. The number of aryl methyl sites for hydroxylation is 2. The molecule has 1 N–H and O–H groups in total. The lowest BCUT2D eigenvalue weighted by Crippen LogP contribution is -2.27. The molecule has 3 rings (SSSR count). The molecule has 7 heteroatoms. The number of amides is 1. The van der Waals surface area contributed by atoms with Gasteiger partial charge in [-0.05, 0) is 36.1 Å². The molecular formula is C26H31N3O4. The van der Waals surface area contributed by atoms with Crippen LogP contribution in [0.4, 0.5) is 5.69 Å². The van der Waals surface area contributed by atoms with E-state index in [0.29, 0.717) is 17.9 Å². The first-order valence-corrected chi connectivity index (χ1v) is 11.4. The Kier molecular flexibility index (Phi) is 8.35. The van der Waals surface area contributed by atoms with E-state index in [2.05, 4.69) is 17.2 Å². The van der Waals surface area contributed by atoms with Gasteiger partial charge in [-0.25, -0.2) is 4.98 Å². The van der Waals surface area contributed by atoms with Crippen LogP contribution < -0.4 is 10.9 Å². The summed E-state index contributed by atoms with van der Waals surface area (Å²) in [6.07, 6.45) is 1.98. The highest BCUT2D eigenvalue weighted by molar-refractivity contribution is 5.93. The monoisotopic (exact) mass is 449 g/mol. The van der Waals surface area contributed by atoms with Gasteiger partial charge in [-0.15, -0.1) is 0 Å². The Bertz CT molecular complexity index is 1180. The molecule has 0 spiro atoms. The third-order valence-corrected chi connectivity index (χ3v) is 5.44. The summed E-state index contributed by atoms with van der Waals surface area (Å²) in [5, 5.41) is 2.80. The lowest BCUT2D eigenvalue weighted by Gasteiger charge is -2.14. The van der Waals surface area contributed by atoms with E-state index >= 15 is 0 Å².